The first kappa shape index (κ1) is 19.6. The first-order valence-electron chi connectivity index (χ1n) is 9.59. The predicted octanol–water partition coefficient (Wildman–Crippen LogP) is 3.76. The fourth-order valence-electron chi connectivity index (χ4n) is 3.20. The van der Waals surface area contributed by atoms with E-state index in [0.29, 0.717) is 23.4 Å². The first-order valence-corrected chi connectivity index (χ1v) is 9.59. The Morgan fingerprint density at radius 1 is 1.11 bits per heavy atom. The lowest BCUT2D eigenvalue weighted by Gasteiger charge is -2.17. The molecule has 0 spiro atoms. The second-order valence-corrected chi connectivity index (χ2v) is 6.67. The summed E-state index contributed by atoms with van der Waals surface area (Å²) >= 11 is 0. The molecule has 1 aliphatic rings. The third kappa shape index (κ3) is 4.22. The van der Waals surface area contributed by atoms with E-state index in [0.717, 1.165) is 31.4 Å². The lowest BCUT2D eigenvalue weighted by atomic mass is 10.1. The average molecular weight is 379 g/mol. The highest BCUT2D eigenvalue weighted by Gasteiger charge is 2.34. The van der Waals surface area contributed by atoms with Gasteiger partial charge in [0.05, 0.1) is 12.8 Å². The van der Waals surface area contributed by atoms with Crippen molar-refractivity contribution in [2.45, 2.75) is 32.6 Å². The van der Waals surface area contributed by atoms with Crippen LogP contribution in [-0.2, 0) is 4.79 Å². The van der Waals surface area contributed by atoms with E-state index in [2.05, 4.69) is 17.5 Å². The summed E-state index contributed by atoms with van der Waals surface area (Å²) in [5.74, 6) is 0.130. The number of unbranched alkanes of at least 4 members (excludes halogenated alkanes) is 3. The number of hydrogen-bond donors (Lipinski definition) is 1. The molecule has 2 aromatic rings. The molecule has 2 aromatic carbocycles. The first-order chi connectivity index (χ1) is 13.7. The quantitative estimate of drug-likeness (QED) is 0.561. The van der Waals surface area contributed by atoms with E-state index < -0.39 is 0 Å². The van der Waals surface area contributed by atoms with Crippen LogP contribution >= 0.6 is 0 Å². The van der Waals surface area contributed by atoms with Gasteiger partial charge < -0.3 is 9.64 Å². The van der Waals surface area contributed by atoms with Crippen molar-refractivity contribution in [1.82, 2.24) is 5.43 Å². The number of carbonyl (C=O) groups is 2. The summed E-state index contributed by atoms with van der Waals surface area (Å²) in [7, 11) is 1.60. The zero-order chi connectivity index (χ0) is 19.9. The number of anilines is 1. The average Bonchev–Trinajstić information content (AvgIpc) is 3.00. The van der Waals surface area contributed by atoms with Gasteiger partial charge in [-0.05, 0) is 30.7 Å². The van der Waals surface area contributed by atoms with Gasteiger partial charge in [-0.25, -0.2) is 5.43 Å². The van der Waals surface area contributed by atoms with Crippen LogP contribution < -0.4 is 15.1 Å². The molecule has 0 saturated carbocycles. The normalized spacial score (nSPS) is 14.3. The van der Waals surface area contributed by atoms with Crippen LogP contribution in [-0.4, -0.2) is 31.2 Å². The molecule has 0 aromatic heterocycles. The molecule has 6 nitrogen and oxygen atoms in total. The minimum Gasteiger partial charge on any atom is -0.497 e. The lowest BCUT2D eigenvalue weighted by Crippen LogP contribution is -2.32. The molecule has 0 unspecified atom stereocenters. The van der Waals surface area contributed by atoms with Crippen LogP contribution in [0.25, 0.3) is 0 Å². The molecule has 0 aliphatic carbocycles. The van der Waals surface area contributed by atoms with Gasteiger partial charge in [0.15, 0.2) is 5.71 Å². The van der Waals surface area contributed by atoms with Gasteiger partial charge in [0.2, 0.25) is 0 Å². The van der Waals surface area contributed by atoms with Gasteiger partial charge in [0, 0.05) is 23.7 Å². The van der Waals surface area contributed by atoms with Crippen LogP contribution in [0.5, 0.6) is 5.75 Å². The van der Waals surface area contributed by atoms with Gasteiger partial charge in [-0.1, -0.05) is 44.4 Å². The third-order valence-corrected chi connectivity index (χ3v) is 4.74. The molecule has 28 heavy (non-hydrogen) atoms. The topological polar surface area (TPSA) is 71.0 Å². The SMILES string of the molecule is CCCCCCN1C(=O)C(=NNC(=O)c2ccccc2)c2ccc(OC)cc21. The molecule has 0 radical (unpaired) electrons. The Bertz CT molecular complexity index is 878. The van der Waals surface area contributed by atoms with Crippen molar-refractivity contribution in [2.75, 3.05) is 18.6 Å². The predicted molar refractivity (Wildman–Crippen MR) is 110 cm³/mol. The number of fused-ring (bicyclic) bond motifs is 1. The van der Waals surface area contributed by atoms with Crippen molar-refractivity contribution in [3.63, 3.8) is 0 Å². The fourth-order valence-corrected chi connectivity index (χ4v) is 3.20. The Morgan fingerprint density at radius 3 is 2.61 bits per heavy atom. The van der Waals surface area contributed by atoms with E-state index in [4.69, 9.17) is 4.74 Å². The minimum absolute atomic E-state index is 0.201. The number of amides is 2. The standard InChI is InChI=1S/C22H25N3O3/c1-3-4-5-9-14-25-19-15-17(28-2)12-13-18(19)20(22(25)27)23-24-21(26)16-10-7-6-8-11-16/h6-8,10-13,15H,3-5,9,14H2,1-2H3,(H,24,26). The van der Waals surface area contributed by atoms with Crippen LogP contribution in [0.15, 0.2) is 53.6 Å². The van der Waals surface area contributed by atoms with E-state index in [-0.39, 0.29) is 17.5 Å². The Balaban J connectivity index is 1.83. The van der Waals surface area contributed by atoms with Crippen LogP contribution in [0.2, 0.25) is 0 Å². The molecule has 146 valence electrons. The second-order valence-electron chi connectivity index (χ2n) is 6.67. The maximum Gasteiger partial charge on any atom is 0.279 e. The Hall–Kier alpha value is -3.15. The van der Waals surface area contributed by atoms with Crippen molar-refractivity contribution in [3.8, 4) is 5.75 Å². The van der Waals surface area contributed by atoms with Gasteiger partial charge >= 0.3 is 0 Å². The number of nitrogens with one attached hydrogen (secondary N) is 1. The number of carbonyl (C=O) groups excluding carboxylic acids is 2. The summed E-state index contributed by atoms with van der Waals surface area (Å²) in [6.07, 6.45) is 4.26. The van der Waals surface area contributed by atoms with Gasteiger partial charge in [-0.15, -0.1) is 0 Å². The Labute approximate surface area is 165 Å². The summed E-state index contributed by atoms with van der Waals surface area (Å²) in [6, 6.07) is 14.2. The molecule has 3 rings (SSSR count). The second kappa shape index (κ2) is 9.17. The van der Waals surface area contributed by atoms with Crippen molar-refractivity contribution < 1.29 is 14.3 Å². The number of hydrazone groups is 1. The highest BCUT2D eigenvalue weighted by molar-refractivity contribution is 6.54. The highest BCUT2D eigenvalue weighted by atomic mass is 16.5. The van der Waals surface area contributed by atoms with Gasteiger partial charge in [0.25, 0.3) is 11.8 Å². The minimum atomic E-state index is -0.350. The summed E-state index contributed by atoms with van der Waals surface area (Å²) in [4.78, 5) is 27.0. The molecule has 0 atom stereocenters. The molecule has 1 N–H and O–H groups in total. The van der Waals surface area contributed by atoms with Gasteiger partial charge in [-0.3, -0.25) is 9.59 Å². The van der Waals surface area contributed by atoms with E-state index in [1.807, 2.05) is 18.2 Å². The summed E-state index contributed by atoms with van der Waals surface area (Å²) in [6.45, 7) is 2.77. The number of benzene rings is 2. The molecule has 1 heterocycles. The van der Waals surface area contributed by atoms with Crippen LogP contribution in [0, 0.1) is 0 Å². The van der Waals surface area contributed by atoms with Crippen LogP contribution in [0.4, 0.5) is 5.69 Å². The molecule has 2 amide bonds. The number of hydrogen-bond acceptors (Lipinski definition) is 4. The molecule has 0 fully saturated rings. The van der Waals surface area contributed by atoms with E-state index in [1.54, 1.807) is 42.3 Å². The fraction of sp³-hybridized carbons (Fsp3) is 0.318. The van der Waals surface area contributed by atoms with E-state index in [9.17, 15) is 9.59 Å². The monoisotopic (exact) mass is 379 g/mol. The smallest absolute Gasteiger partial charge is 0.279 e. The van der Waals surface area contributed by atoms with Crippen LogP contribution in [0.3, 0.4) is 0 Å². The lowest BCUT2D eigenvalue weighted by molar-refractivity contribution is -0.112. The summed E-state index contributed by atoms with van der Waals surface area (Å²) in [5, 5.41) is 4.16. The third-order valence-electron chi connectivity index (χ3n) is 4.74. The number of rotatable bonds is 8. The van der Waals surface area contributed by atoms with E-state index in [1.165, 1.54) is 0 Å². The molecular weight excluding hydrogens is 354 g/mol. The largest absolute Gasteiger partial charge is 0.497 e. The molecule has 0 bridgehead atoms. The molecule has 1 aliphatic heterocycles. The van der Waals surface area contributed by atoms with Crippen molar-refractivity contribution >= 4 is 23.2 Å². The maximum atomic E-state index is 13.0. The van der Waals surface area contributed by atoms with Gasteiger partial charge in [0.1, 0.15) is 5.75 Å². The molecule has 6 heteroatoms. The highest BCUT2D eigenvalue weighted by Crippen LogP contribution is 2.33. The number of ether oxygens (including phenoxy) is 1. The maximum absolute atomic E-state index is 13.0. The zero-order valence-electron chi connectivity index (χ0n) is 16.3. The summed E-state index contributed by atoms with van der Waals surface area (Å²) < 4.78 is 5.31. The van der Waals surface area contributed by atoms with Crippen molar-refractivity contribution in [3.05, 3.63) is 59.7 Å². The van der Waals surface area contributed by atoms with E-state index >= 15 is 0 Å². The number of nitrogens with zero attached hydrogens (tertiary/aromatic N) is 2. The Morgan fingerprint density at radius 2 is 1.89 bits per heavy atom. The molecule has 0 saturated heterocycles. The van der Waals surface area contributed by atoms with Crippen molar-refractivity contribution in [1.29, 1.82) is 0 Å². The van der Waals surface area contributed by atoms with Gasteiger partial charge in [-0.2, -0.15) is 5.10 Å². The molecular formula is C22H25N3O3. The van der Waals surface area contributed by atoms with Crippen molar-refractivity contribution in [2.24, 2.45) is 5.10 Å². The number of methoxy groups -OCH3 is 1. The Kier molecular flexibility index (Phi) is 6.42. The van der Waals surface area contributed by atoms with Crippen LogP contribution in [0.1, 0.15) is 48.5 Å². The zero-order valence-corrected chi connectivity index (χ0v) is 16.3. The summed E-state index contributed by atoms with van der Waals surface area (Å²) in [5.41, 5.74) is 4.72.